The summed E-state index contributed by atoms with van der Waals surface area (Å²) < 4.78 is 52.1. The first-order chi connectivity index (χ1) is 19.2. The second-order valence-electron chi connectivity index (χ2n) is 9.27. The molecule has 0 spiro atoms. The number of para-hydroxylation sites is 2. The smallest absolute Gasteiger partial charge is 0.279 e. The Morgan fingerprint density at radius 1 is 1.10 bits per heavy atom. The van der Waals surface area contributed by atoms with Crippen molar-refractivity contribution in [1.82, 2.24) is 9.88 Å². The first kappa shape index (κ1) is 29.1. The van der Waals surface area contributed by atoms with Gasteiger partial charge >= 0.3 is 0 Å². The molecule has 2 N–H and O–H groups in total. The Labute approximate surface area is 233 Å². The quantitative estimate of drug-likeness (QED) is 0.353. The Hall–Kier alpha value is -3.87. The minimum atomic E-state index is -4.21. The summed E-state index contributed by atoms with van der Waals surface area (Å²) in [5.74, 6) is 0.557. The molecule has 0 bridgehead atoms. The zero-order chi connectivity index (χ0) is 28.7. The van der Waals surface area contributed by atoms with Gasteiger partial charge in [0.15, 0.2) is 28.0 Å². The maximum Gasteiger partial charge on any atom is 0.279 e. The van der Waals surface area contributed by atoms with E-state index in [4.69, 9.17) is 18.9 Å². The monoisotopic (exact) mass is 571 g/mol. The SMILES string of the molecule is COc1ccccc1Oc1c(NS(=O)(=O)c2ccc(C(C)C)cn2)cc(C(=O)N2CCOCC2)cc1OCCO. The third kappa shape index (κ3) is 6.82. The average Bonchev–Trinajstić information content (AvgIpc) is 2.97. The van der Waals surface area contributed by atoms with E-state index >= 15 is 0 Å². The molecule has 1 saturated heterocycles. The number of pyridine rings is 1. The minimum absolute atomic E-state index is 0.0150. The van der Waals surface area contributed by atoms with E-state index < -0.39 is 10.0 Å². The van der Waals surface area contributed by atoms with Crippen LogP contribution in [0.3, 0.4) is 0 Å². The maximum atomic E-state index is 13.5. The van der Waals surface area contributed by atoms with Gasteiger partial charge in [-0.3, -0.25) is 9.52 Å². The van der Waals surface area contributed by atoms with Gasteiger partial charge in [-0.05, 0) is 41.8 Å². The van der Waals surface area contributed by atoms with Crippen LogP contribution < -0.4 is 18.9 Å². The molecule has 1 amide bonds. The molecule has 0 unspecified atom stereocenters. The van der Waals surface area contributed by atoms with Crippen molar-refractivity contribution in [3.63, 3.8) is 0 Å². The molecule has 1 aliphatic heterocycles. The normalized spacial score (nSPS) is 13.7. The van der Waals surface area contributed by atoms with Gasteiger partial charge in [0.1, 0.15) is 6.61 Å². The van der Waals surface area contributed by atoms with Gasteiger partial charge in [-0.15, -0.1) is 0 Å². The van der Waals surface area contributed by atoms with Crippen LogP contribution in [0.25, 0.3) is 0 Å². The lowest BCUT2D eigenvalue weighted by Crippen LogP contribution is -2.40. The number of carbonyl (C=O) groups excluding carboxylic acids is 1. The summed E-state index contributed by atoms with van der Waals surface area (Å²) in [5.41, 5.74) is 1.01. The van der Waals surface area contributed by atoms with Gasteiger partial charge in [0, 0.05) is 24.8 Å². The van der Waals surface area contributed by atoms with Gasteiger partial charge in [0.05, 0.1) is 32.6 Å². The van der Waals surface area contributed by atoms with Crippen LogP contribution in [-0.2, 0) is 14.8 Å². The number of hydrogen-bond acceptors (Lipinski definition) is 9. The van der Waals surface area contributed by atoms with Crippen LogP contribution in [0.4, 0.5) is 5.69 Å². The second-order valence-corrected chi connectivity index (χ2v) is 10.9. The lowest BCUT2D eigenvalue weighted by Gasteiger charge is -2.27. The number of ether oxygens (including phenoxy) is 4. The minimum Gasteiger partial charge on any atom is -0.493 e. The molecule has 0 atom stereocenters. The largest absolute Gasteiger partial charge is 0.493 e. The van der Waals surface area contributed by atoms with E-state index in [0.29, 0.717) is 32.1 Å². The summed E-state index contributed by atoms with van der Waals surface area (Å²) in [5, 5.41) is 9.24. The number of aromatic nitrogens is 1. The van der Waals surface area contributed by atoms with Crippen molar-refractivity contribution in [3.05, 3.63) is 65.9 Å². The fraction of sp³-hybridized carbons (Fsp3) is 0.357. The van der Waals surface area contributed by atoms with Crippen molar-refractivity contribution in [2.45, 2.75) is 24.8 Å². The first-order valence-electron chi connectivity index (χ1n) is 12.8. The van der Waals surface area contributed by atoms with Crippen LogP contribution in [0.1, 0.15) is 35.7 Å². The molecule has 214 valence electrons. The number of nitrogens with zero attached hydrogens (tertiary/aromatic N) is 2. The van der Waals surface area contributed by atoms with Crippen molar-refractivity contribution in [3.8, 4) is 23.0 Å². The van der Waals surface area contributed by atoms with E-state index in [1.54, 1.807) is 35.2 Å². The number of aliphatic hydroxyl groups excluding tert-OH is 1. The van der Waals surface area contributed by atoms with E-state index in [0.717, 1.165) is 5.56 Å². The number of benzene rings is 2. The van der Waals surface area contributed by atoms with Gasteiger partial charge in [-0.2, -0.15) is 8.42 Å². The molecule has 0 saturated carbocycles. The predicted octanol–water partition coefficient (Wildman–Crippen LogP) is 3.65. The molecule has 4 rings (SSSR count). The highest BCUT2D eigenvalue weighted by Gasteiger charge is 2.27. The second kappa shape index (κ2) is 13.0. The van der Waals surface area contributed by atoms with E-state index in [9.17, 15) is 18.3 Å². The Balaban J connectivity index is 1.82. The van der Waals surface area contributed by atoms with Crippen LogP contribution in [0, 0.1) is 0 Å². The van der Waals surface area contributed by atoms with Crippen LogP contribution in [0.2, 0.25) is 0 Å². The highest BCUT2D eigenvalue weighted by Crippen LogP contribution is 2.43. The third-order valence-electron chi connectivity index (χ3n) is 6.18. The summed E-state index contributed by atoms with van der Waals surface area (Å²) in [6, 6.07) is 12.8. The lowest BCUT2D eigenvalue weighted by atomic mass is 10.1. The van der Waals surface area contributed by atoms with Crippen molar-refractivity contribution in [2.24, 2.45) is 0 Å². The lowest BCUT2D eigenvalue weighted by molar-refractivity contribution is 0.0302. The summed E-state index contributed by atoms with van der Waals surface area (Å²) in [7, 11) is -2.74. The number of nitrogens with one attached hydrogen (secondary N) is 1. The number of morpholine rings is 1. The molecule has 1 fully saturated rings. The molecular weight excluding hydrogens is 538 g/mol. The molecular formula is C28H33N3O8S. The van der Waals surface area contributed by atoms with Crippen LogP contribution in [0.5, 0.6) is 23.0 Å². The van der Waals surface area contributed by atoms with E-state index in [1.807, 2.05) is 13.8 Å². The topological polar surface area (TPSA) is 137 Å². The Morgan fingerprint density at radius 3 is 2.45 bits per heavy atom. The Bertz CT molecular complexity index is 1420. The molecule has 12 heteroatoms. The molecule has 1 aromatic heterocycles. The fourth-order valence-electron chi connectivity index (χ4n) is 4.02. The average molecular weight is 572 g/mol. The number of rotatable bonds is 11. The van der Waals surface area contributed by atoms with E-state index in [1.165, 1.54) is 31.5 Å². The van der Waals surface area contributed by atoms with Gasteiger partial charge in [0.2, 0.25) is 0 Å². The van der Waals surface area contributed by atoms with Gasteiger partial charge in [-0.25, -0.2) is 4.98 Å². The Kier molecular flexibility index (Phi) is 9.46. The zero-order valence-electron chi connectivity index (χ0n) is 22.6. The molecule has 0 aliphatic carbocycles. The van der Waals surface area contributed by atoms with E-state index in [-0.39, 0.29) is 58.6 Å². The summed E-state index contributed by atoms with van der Waals surface area (Å²) in [4.78, 5) is 19.2. The maximum absolute atomic E-state index is 13.5. The van der Waals surface area contributed by atoms with Crippen molar-refractivity contribution in [2.75, 3.05) is 51.3 Å². The van der Waals surface area contributed by atoms with Crippen molar-refractivity contribution in [1.29, 1.82) is 0 Å². The van der Waals surface area contributed by atoms with Crippen molar-refractivity contribution >= 4 is 21.6 Å². The first-order valence-corrected chi connectivity index (χ1v) is 14.3. The number of amides is 1. The number of hydrogen-bond donors (Lipinski definition) is 2. The van der Waals surface area contributed by atoms with Crippen LogP contribution >= 0.6 is 0 Å². The number of aliphatic hydroxyl groups is 1. The van der Waals surface area contributed by atoms with Crippen LogP contribution in [-0.4, -0.2) is 75.9 Å². The van der Waals surface area contributed by atoms with Gasteiger partial charge in [0.25, 0.3) is 15.9 Å². The number of methoxy groups -OCH3 is 1. The number of sulfonamides is 1. The molecule has 11 nitrogen and oxygen atoms in total. The van der Waals surface area contributed by atoms with Crippen molar-refractivity contribution < 1.29 is 37.3 Å². The van der Waals surface area contributed by atoms with Gasteiger partial charge < -0.3 is 29.0 Å². The zero-order valence-corrected chi connectivity index (χ0v) is 23.4. The third-order valence-corrected chi connectivity index (χ3v) is 7.46. The number of anilines is 1. The molecule has 1 aliphatic rings. The summed E-state index contributed by atoms with van der Waals surface area (Å²) in [6.07, 6.45) is 1.51. The molecule has 2 heterocycles. The highest BCUT2D eigenvalue weighted by atomic mass is 32.2. The molecule has 2 aromatic carbocycles. The fourth-order valence-corrected chi connectivity index (χ4v) is 5.01. The summed E-state index contributed by atoms with van der Waals surface area (Å²) >= 11 is 0. The van der Waals surface area contributed by atoms with E-state index in [2.05, 4.69) is 9.71 Å². The molecule has 0 radical (unpaired) electrons. The predicted molar refractivity (Wildman–Crippen MR) is 148 cm³/mol. The molecule has 40 heavy (non-hydrogen) atoms. The number of carbonyl (C=O) groups is 1. The highest BCUT2D eigenvalue weighted by molar-refractivity contribution is 7.92. The standard InChI is InChI=1S/C28H33N3O8S/c1-19(2)20-8-9-26(29-18-20)40(34,35)30-22-16-21(28(33)31-10-13-37-14-11-31)17-25(38-15-12-32)27(22)39-24-7-5-4-6-23(24)36-3/h4-9,16-19,30,32H,10-15H2,1-3H3. The summed E-state index contributed by atoms with van der Waals surface area (Å²) in [6.45, 7) is 5.09. The molecule has 3 aromatic rings. The van der Waals surface area contributed by atoms with Crippen LogP contribution in [0.15, 0.2) is 59.8 Å². The van der Waals surface area contributed by atoms with Gasteiger partial charge in [-0.1, -0.05) is 32.0 Å². The Morgan fingerprint density at radius 2 is 1.82 bits per heavy atom.